The summed E-state index contributed by atoms with van der Waals surface area (Å²) in [6, 6.07) is 5.08. The molecule has 0 aliphatic heterocycles. The first-order chi connectivity index (χ1) is 7.96. The Kier molecular flexibility index (Phi) is 2.73. The number of Topliss-reactive ketones (excluding diaryl/α,β-unsaturated/α-hetero) is 1. The van der Waals surface area contributed by atoms with Crippen molar-refractivity contribution < 1.29 is 9.72 Å². The molecule has 2 rings (SSSR count). The fraction of sp³-hybridized carbons (Fsp3) is 0.462. The summed E-state index contributed by atoms with van der Waals surface area (Å²) in [6.07, 6.45) is 2.45. The van der Waals surface area contributed by atoms with Gasteiger partial charge >= 0.3 is 0 Å². The number of hydrogen-bond donors (Lipinski definition) is 0. The number of benzene rings is 1. The summed E-state index contributed by atoms with van der Waals surface area (Å²) in [5.41, 5.74) is 1.51. The second-order valence-electron chi connectivity index (χ2n) is 4.83. The second kappa shape index (κ2) is 3.95. The minimum atomic E-state index is -0.369. The quantitative estimate of drug-likeness (QED) is 0.593. The standard InChI is InChI=1S/C13H15NO3/c1-9-11(4-3-5-12(9)14(16)17)8-13(6-7-13)10(2)15/h3-5H,6-8H2,1-2H3. The summed E-state index contributed by atoms with van der Waals surface area (Å²) in [4.78, 5) is 22.0. The molecule has 0 saturated heterocycles. The maximum atomic E-state index is 11.5. The Labute approximate surface area is 99.8 Å². The lowest BCUT2D eigenvalue weighted by atomic mass is 9.90. The lowest BCUT2D eigenvalue weighted by Gasteiger charge is -2.13. The smallest absolute Gasteiger partial charge is 0.272 e. The third-order valence-electron chi connectivity index (χ3n) is 3.74. The minimum absolute atomic E-state index is 0.141. The van der Waals surface area contributed by atoms with Gasteiger partial charge in [-0.05, 0) is 38.7 Å². The van der Waals surface area contributed by atoms with Gasteiger partial charge in [0.2, 0.25) is 0 Å². The van der Waals surface area contributed by atoms with Crippen molar-refractivity contribution in [1.29, 1.82) is 0 Å². The molecule has 0 unspecified atom stereocenters. The van der Waals surface area contributed by atoms with Gasteiger partial charge < -0.3 is 0 Å². The van der Waals surface area contributed by atoms with E-state index in [4.69, 9.17) is 0 Å². The predicted molar refractivity (Wildman–Crippen MR) is 63.9 cm³/mol. The van der Waals surface area contributed by atoms with Crippen LogP contribution < -0.4 is 0 Å². The summed E-state index contributed by atoms with van der Waals surface area (Å²) in [5, 5.41) is 10.8. The lowest BCUT2D eigenvalue weighted by molar-refractivity contribution is -0.385. The Hall–Kier alpha value is -1.71. The van der Waals surface area contributed by atoms with E-state index in [0.29, 0.717) is 12.0 Å². The zero-order valence-corrected chi connectivity index (χ0v) is 10.0. The molecule has 1 fully saturated rings. The third kappa shape index (κ3) is 2.07. The molecular formula is C13H15NO3. The maximum absolute atomic E-state index is 11.5. The van der Waals surface area contributed by atoms with E-state index in [2.05, 4.69) is 0 Å². The fourth-order valence-electron chi connectivity index (χ4n) is 2.23. The van der Waals surface area contributed by atoms with Crippen LogP contribution in [0.5, 0.6) is 0 Å². The average molecular weight is 233 g/mol. The minimum Gasteiger partial charge on any atom is -0.299 e. The highest BCUT2D eigenvalue weighted by Gasteiger charge is 2.47. The van der Waals surface area contributed by atoms with E-state index in [1.807, 2.05) is 6.07 Å². The molecule has 0 amide bonds. The van der Waals surface area contributed by atoms with Crippen LogP contribution in [0.3, 0.4) is 0 Å². The molecule has 0 bridgehead atoms. The van der Waals surface area contributed by atoms with Gasteiger partial charge in [0.25, 0.3) is 5.69 Å². The molecule has 0 N–H and O–H groups in total. The van der Waals surface area contributed by atoms with Gasteiger partial charge in [0.1, 0.15) is 5.78 Å². The summed E-state index contributed by atoms with van der Waals surface area (Å²) in [6.45, 7) is 3.36. The number of hydrogen-bond acceptors (Lipinski definition) is 3. The van der Waals surface area contributed by atoms with Crippen LogP contribution in [0.15, 0.2) is 18.2 Å². The van der Waals surface area contributed by atoms with E-state index in [-0.39, 0.29) is 21.8 Å². The molecule has 1 aliphatic rings. The molecule has 4 nitrogen and oxygen atoms in total. The van der Waals surface area contributed by atoms with Crippen LogP contribution in [0, 0.1) is 22.5 Å². The van der Waals surface area contributed by atoms with Crippen LogP contribution in [-0.4, -0.2) is 10.7 Å². The zero-order chi connectivity index (χ0) is 12.6. The molecule has 0 radical (unpaired) electrons. The number of rotatable bonds is 4. The van der Waals surface area contributed by atoms with Crippen LogP contribution >= 0.6 is 0 Å². The fourth-order valence-corrected chi connectivity index (χ4v) is 2.23. The second-order valence-corrected chi connectivity index (χ2v) is 4.83. The molecule has 90 valence electrons. The van der Waals surface area contributed by atoms with Gasteiger partial charge in [-0.25, -0.2) is 0 Å². The highest BCUT2D eigenvalue weighted by Crippen LogP contribution is 2.49. The van der Waals surface area contributed by atoms with Crippen LogP contribution in [-0.2, 0) is 11.2 Å². The highest BCUT2D eigenvalue weighted by molar-refractivity contribution is 5.85. The molecule has 0 atom stereocenters. The zero-order valence-electron chi connectivity index (χ0n) is 10.0. The van der Waals surface area contributed by atoms with Gasteiger partial charge in [-0.1, -0.05) is 12.1 Å². The van der Waals surface area contributed by atoms with E-state index in [0.717, 1.165) is 18.4 Å². The van der Waals surface area contributed by atoms with Crippen LogP contribution in [0.1, 0.15) is 30.9 Å². The van der Waals surface area contributed by atoms with E-state index >= 15 is 0 Å². The molecular weight excluding hydrogens is 218 g/mol. The van der Waals surface area contributed by atoms with Gasteiger partial charge in [-0.15, -0.1) is 0 Å². The third-order valence-corrected chi connectivity index (χ3v) is 3.74. The monoisotopic (exact) mass is 233 g/mol. The van der Waals surface area contributed by atoms with E-state index < -0.39 is 0 Å². The number of nitro benzene ring substituents is 1. The topological polar surface area (TPSA) is 60.2 Å². The van der Waals surface area contributed by atoms with Crippen LogP contribution in [0.2, 0.25) is 0 Å². The largest absolute Gasteiger partial charge is 0.299 e. The summed E-state index contributed by atoms with van der Waals surface area (Å²) in [5.74, 6) is 0.198. The SMILES string of the molecule is CC(=O)C1(Cc2cccc([N+](=O)[O-])c2C)CC1. The lowest BCUT2D eigenvalue weighted by Crippen LogP contribution is -2.15. The van der Waals surface area contributed by atoms with E-state index in [1.165, 1.54) is 6.07 Å². The summed E-state index contributed by atoms with van der Waals surface area (Å²) in [7, 11) is 0. The van der Waals surface area contributed by atoms with Crippen LogP contribution in [0.25, 0.3) is 0 Å². The van der Waals surface area contributed by atoms with Crippen LogP contribution in [0.4, 0.5) is 5.69 Å². The van der Waals surface area contributed by atoms with Crippen molar-refractivity contribution in [3.8, 4) is 0 Å². The first-order valence-corrected chi connectivity index (χ1v) is 5.70. The van der Waals surface area contributed by atoms with Crippen molar-refractivity contribution in [3.05, 3.63) is 39.4 Å². The number of carbonyl (C=O) groups is 1. The summed E-state index contributed by atoms with van der Waals surface area (Å²) < 4.78 is 0. The van der Waals surface area contributed by atoms with Gasteiger partial charge in [-0.3, -0.25) is 14.9 Å². The van der Waals surface area contributed by atoms with Crippen molar-refractivity contribution in [3.63, 3.8) is 0 Å². The van der Waals surface area contributed by atoms with Crippen molar-refractivity contribution in [2.75, 3.05) is 0 Å². The van der Waals surface area contributed by atoms with Gasteiger partial charge in [-0.2, -0.15) is 0 Å². The first-order valence-electron chi connectivity index (χ1n) is 5.70. The molecule has 1 aromatic carbocycles. The molecule has 0 spiro atoms. The van der Waals surface area contributed by atoms with Gasteiger partial charge in [0, 0.05) is 17.0 Å². The maximum Gasteiger partial charge on any atom is 0.272 e. The summed E-state index contributed by atoms with van der Waals surface area (Å²) >= 11 is 0. The van der Waals surface area contributed by atoms with Crippen molar-refractivity contribution in [1.82, 2.24) is 0 Å². The van der Waals surface area contributed by atoms with Crippen molar-refractivity contribution in [2.24, 2.45) is 5.41 Å². The van der Waals surface area contributed by atoms with E-state index in [9.17, 15) is 14.9 Å². The Morgan fingerprint density at radius 3 is 2.59 bits per heavy atom. The number of carbonyl (C=O) groups excluding carboxylic acids is 1. The Bertz CT molecular complexity index is 489. The van der Waals surface area contributed by atoms with Gasteiger partial charge in [0.05, 0.1) is 4.92 Å². The molecule has 17 heavy (non-hydrogen) atoms. The van der Waals surface area contributed by atoms with Gasteiger partial charge in [0.15, 0.2) is 0 Å². The molecule has 0 aromatic heterocycles. The Balaban J connectivity index is 2.31. The number of ketones is 1. The Morgan fingerprint density at radius 2 is 2.12 bits per heavy atom. The molecule has 4 heteroatoms. The number of nitro groups is 1. The Morgan fingerprint density at radius 1 is 1.47 bits per heavy atom. The highest BCUT2D eigenvalue weighted by atomic mass is 16.6. The molecule has 1 aromatic rings. The average Bonchev–Trinajstić information content (AvgIpc) is 3.02. The predicted octanol–water partition coefficient (Wildman–Crippen LogP) is 2.81. The molecule has 0 heterocycles. The van der Waals surface area contributed by atoms with Crippen molar-refractivity contribution >= 4 is 11.5 Å². The first kappa shape index (κ1) is 11.8. The molecule has 1 saturated carbocycles. The normalized spacial score (nSPS) is 16.6. The van der Waals surface area contributed by atoms with E-state index in [1.54, 1.807) is 19.9 Å². The molecule has 1 aliphatic carbocycles. The number of nitrogens with zero attached hydrogens (tertiary/aromatic N) is 1. The van der Waals surface area contributed by atoms with Crippen molar-refractivity contribution in [2.45, 2.75) is 33.1 Å².